The number of rotatable bonds is 8. The topological polar surface area (TPSA) is 70.9 Å². The van der Waals surface area contributed by atoms with Crippen molar-refractivity contribution < 1.29 is 18.1 Å². The molecular formula is C19H28N3O3S2+. The Balaban J connectivity index is 1.96. The molecule has 2 rings (SSSR count). The van der Waals surface area contributed by atoms with Gasteiger partial charge in [-0.25, -0.2) is 8.42 Å². The van der Waals surface area contributed by atoms with Gasteiger partial charge in [0.1, 0.15) is 6.54 Å². The van der Waals surface area contributed by atoms with Gasteiger partial charge in [0.15, 0.2) is 6.54 Å². The lowest BCUT2D eigenvalue weighted by atomic mass is 10.3. The Hall–Kier alpha value is -1.74. The number of quaternary nitrogens is 1. The molecule has 1 amide bonds. The number of aryl methyl sites for hydroxylation is 1. The Labute approximate surface area is 165 Å². The minimum Gasteiger partial charge on any atom is -0.325 e. The van der Waals surface area contributed by atoms with Crippen molar-refractivity contribution in [3.63, 3.8) is 0 Å². The maximum Gasteiger partial charge on any atom is 0.279 e. The van der Waals surface area contributed by atoms with Crippen molar-refractivity contribution in [3.05, 3.63) is 46.2 Å². The van der Waals surface area contributed by atoms with Gasteiger partial charge in [-0.3, -0.25) is 4.79 Å². The number of benzene rings is 1. The van der Waals surface area contributed by atoms with E-state index in [0.717, 1.165) is 11.4 Å². The molecule has 0 fully saturated rings. The van der Waals surface area contributed by atoms with E-state index in [1.54, 1.807) is 30.5 Å². The first-order chi connectivity index (χ1) is 12.6. The normalized spacial score (nSPS) is 13.1. The second kappa shape index (κ2) is 8.97. The van der Waals surface area contributed by atoms with Crippen molar-refractivity contribution >= 4 is 33.0 Å². The minimum atomic E-state index is -3.52. The molecule has 2 aromatic rings. The number of nitrogens with one attached hydrogen (secondary N) is 2. The summed E-state index contributed by atoms with van der Waals surface area (Å²) >= 11 is 1.70. The molecule has 6 nitrogen and oxygen atoms in total. The second-order valence-electron chi connectivity index (χ2n) is 7.03. The highest BCUT2D eigenvalue weighted by Crippen LogP contribution is 2.19. The van der Waals surface area contributed by atoms with Crippen LogP contribution in [0, 0.1) is 6.92 Å². The fourth-order valence-corrected chi connectivity index (χ4v) is 4.94. The first-order valence-corrected chi connectivity index (χ1v) is 11.2. The van der Waals surface area contributed by atoms with Gasteiger partial charge >= 0.3 is 0 Å². The lowest BCUT2D eigenvalue weighted by molar-refractivity contribution is -0.884. The van der Waals surface area contributed by atoms with Crippen LogP contribution in [0.5, 0.6) is 0 Å². The van der Waals surface area contributed by atoms with Gasteiger partial charge < -0.3 is 10.2 Å². The van der Waals surface area contributed by atoms with Crippen molar-refractivity contribution in [1.82, 2.24) is 4.31 Å². The van der Waals surface area contributed by atoms with E-state index in [9.17, 15) is 13.2 Å². The average Bonchev–Trinajstić information content (AvgIpc) is 2.99. The Kier molecular flexibility index (Phi) is 7.16. The van der Waals surface area contributed by atoms with E-state index in [1.807, 2.05) is 20.9 Å². The average molecular weight is 411 g/mol. The quantitative estimate of drug-likeness (QED) is 0.696. The highest BCUT2D eigenvalue weighted by Gasteiger charge is 2.23. The number of hydrogen-bond acceptors (Lipinski definition) is 4. The van der Waals surface area contributed by atoms with E-state index < -0.39 is 10.0 Å². The Morgan fingerprint density at radius 1 is 1.22 bits per heavy atom. The molecule has 0 bridgehead atoms. The minimum absolute atomic E-state index is 0.100. The third kappa shape index (κ3) is 5.62. The molecule has 8 heteroatoms. The number of hydrogen-bond donors (Lipinski definition) is 2. The molecule has 1 aromatic heterocycles. The number of nitrogens with zero attached hydrogens (tertiary/aromatic N) is 1. The SMILES string of the molecule is Cc1ccsc1C[NH+](C)CC(=O)Nc1ccc(S(=O)(=O)N(C)C(C)C)cc1. The predicted molar refractivity (Wildman–Crippen MR) is 110 cm³/mol. The van der Waals surface area contributed by atoms with Crippen LogP contribution in [0.4, 0.5) is 5.69 Å². The standard InChI is InChI=1S/C19H27N3O3S2/c1-14(2)22(5)27(24,25)17-8-6-16(7-9-17)20-19(23)13-21(4)12-18-15(3)10-11-26-18/h6-11,14H,12-13H2,1-5H3,(H,20,23)/p+1. The Bertz CT molecular complexity index is 874. The van der Waals surface area contributed by atoms with Gasteiger partial charge in [-0.05, 0) is 62.0 Å². The molecule has 0 aliphatic carbocycles. The number of carbonyl (C=O) groups excluding carboxylic acids is 1. The lowest BCUT2D eigenvalue weighted by Gasteiger charge is -2.21. The monoisotopic (exact) mass is 410 g/mol. The van der Waals surface area contributed by atoms with E-state index >= 15 is 0 Å². The van der Waals surface area contributed by atoms with Gasteiger partial charge in [-0.1, -0.05) is 0 Å². The molecule has 0 aliphatic heterocycles. The summed E-state index contributed by atoms with van der Waals surface area (Å²) in [6.07, 6.45) is 0. The molecule has 0 saturated carbocycles. The van der Waals surface area contributed by atoms with Crippen LogP contribution in [-0.2, 0) is 21.4 Å². The van der Waals surface area contributed by atoms with E-state index in [0.29, 0.717) is 12.2 Å². The van der Waals surface area contributed by atoms with Crippen molar-refractivity contribution in [2.45, 2.75) is 38.3 Å². The molecule has 0 aliphatic rings. The Morgan fingerprint density at radius 3 is 2.37 bits per heavy atom. The molecule has 1 heterocycles. The second-order valence-corrected chi connectivity index (χ2v) is 10.0. The van der Waals surface area contributed by atoms with Crippen LogP contribution >= 0.6 is 11.3 Å². The summed E-state index contributed by atoms with van der Waals surface area (Å²) in [5.74, 6) is -0.100. The van der Waals surface area contributed by atoms with Gasteiger partial charge in [-0.2, -0.15) is 4.31 Å². The summed E-state index contributed by atoms with van der Waals surface area (Å²) in [4.78, 5) is 14.9. The summed E-state index contributed by atoms with van der Waals surface area (Å²) in [6, 6.07) is 8.25. The van der Waals surface area contributed by atoms with Gasteiger partial charge in [0.05, 0.1) is 16.8 Å². The first-order valence-electron chi connectivity index (χ1n) is 8.83. The van der Waals surface area contributed by atoms with E-state index in [2.05, 4.69) is 23.7 Å². The van der Waals surface area contributed by atoms with Crippen LogP contribution in [0.1, 0.15) is 24.3 Å². The van der Waals surface area contributed by atoms with Crippen molar-refractivity contribution in [2.24, 2.45) is 0 Å². The summed E-state index contributed by atoms with van der Waals surface area (Å²) in [6.45, 7) is 6.86. The van der Waals surface area contributed by atoms with Crippen LogP contribution in [0.15, 0.2) is 40.6 Å². The van der Waals surface area contributed by atoms with Gasteiger partial charge in [0.2, 0.25) is 10.0 Å². The number of carbonyl (C=O) groups is 1. The van der Waals surface area contributed by atoms with E-state index in [1.165, 1.54) is 26.9 Å². The van der Waals surface area contributed by atoms with Crippen molar-refractivity contribution in [1.29, 1.82) is 0 Å². The maximum atomic E-state index is 12.5. The van der Waals surface area contributed by atoms with Crippen LogP contribution < -0.4 is 10.2 Å². The van der Waals surface area contributed by atoms with E-state index in [-0.39, 0.29) is 16.8 Å². The van der Waals surface area contributed by atoms with Crippen molar-refractivity contribution in [2.75, 3.05) is 26.0 Å². The van der Waals surface area contributed by atoms with Crippen LogP contribution in [0.25, 0.3) is 0 Å². The summed E-state index contributed by atoms with van der Waals surface area (Å²) in [5, 5.41) is 4.89. The highest BCUT2D eigenvalue weighted by molar-refractivity contribution is 7.89. The van der Waals surface area contributed by atoms with Crippen molar-refractivity contribution in [3.8, 4) is 0 Å². The summed E-state index contributed by atoms with van der Waals surface area (Å²) in [7, 11) is 0.0235. The first kappa shape index (κ1) is 21.6. The Morgan fingerprint density at radius 2 is 1.85 bits per heavy atom. The van der Waals surface area contributed by atoms with E-state index in [4.69, 9.17) is 0 Å². The molecule has 0 radical (unpaired) electrons. The van der Waals surface area contributed by atoms with Gasteiger partial charge in [0, 0.05) is 18.8 Å². The maximum absolute atomic E-state index is 12.5. The van der Waals surface area contributed by atoms with Gasteiger partial charge in [0.25, 0.3) is 5.91 Å². The number of thiophene rings is 1. The number of sulfonamides is 1. The zero-order valence-electron chi connectivity index (χ0n) is 16.4. The molecule has 148 valence electrons. The number of likely N-dealkylation sites (N-methyl/N-ethyl adjacent to an activating group) is 1. The zero-order valence-corrected chi connectivity index (χ0v) is 18.1. The zero-order chi connectivity index (χ0) is 20.2. The molecule has 1 unspecified atom stereocenters. The van der Waals surface area contributed by atoms with Gasteiger partial charge in [-0.15, -0.1) is 11.3 Å². The third-order valence-corrected chi connectivity index (χ3v) is 7.51. The molecule has 1 atom stereocenters. The van der Waals surface area contributed by atoms with Crippen LogP contribution in [0.3, 0.4) is 0 Å². The fraction of sp³-hybridized carbons (Fsp3) is 0.421. The number of anilines is 1. The van der Waals surface area contributed by atoms with Crippen LogP contribution in [0.2, 0.25) is 0 Å². The third-order valence-electron chi connectivity index (χ3n) is 4.44. The highest BCUT2D eigenvalue weighted by atomic mass is 32.2. The summed E-state index contributed by atoms with van der Waals surface area (Å²) < 4.78 is 26.3. The number of amides is 1. The molecular weight excluding hydrogens is 382 g/mol. The molecule has 0 spiro atoms. The fourth-order valence-electron chi connectivity index (χ4n) is 2.56. The molecule has 1 aromatic carbocycles. The molecule has 0 saturated heterocycles. The molecule has 27 heavy (non-hydrogen) atoms. The van der Waals surface area contributed by atoms with Crippen LogP contribution in [-0.4, -0.2) is 45.3 Å². The predicted octanol–water partition coefficient (Wildman–Crippen LogP) is 1.74. The smallest absolute Gasteiger partial charge is 0.279 e. The largest absolute Gasteiger partial charge is 0.325 e. The summed E-state index contributed by atoms with van der Waals surface area (Å²) in [5.41, 5.74) is 1.84. The molecule has 2 N–H and O–H groups in total. The lowest BCUT2D eigenvalue weighted by Crippen LogP contribution is -3.08.